The smallest absolute Gasteiger partial charge is 0.270 e. The van der Waals surface area contributed by atoms with Crippen molar-refractivity contribution in [2.24, 2.45) is 0 Å². The molecule has 3 rings (SSSR count). The number of nitrogens with one attached hydrogen (secondary N) is 2. The van der Waals surface area contributed by atoms with Gasteiger partial charge in [0, 0.05) is 23.1 Å². The maximum absolute atomic E-state index is 12.1. The number of rotatable bonds is 6. The summed E-state index contributed by atoms with van der Waals surface area (Å²) in [6.07, 6.45) is 4.15. The van der Waals surface area contributed by atoms with E-state index in [1.54, 1.807) is 17.8 Å². The van der Waals surface area contributed by atoms with Crippen LogP contribution in [0.1, 0.15) is 16.1 Å². The van der Waals surface area contributed by atoms with Gasteiger partial charge in [-0.3, -0.25) is 9.78 Å². The molecule has 0 unspecified atom stereocenters. The molecule has 0 spiro atoms. The molecule has 2 heterocycles. The number of anilines is 2. The van der Waals surface area contributed by atoms with Gasteiger partial charge in [-0.1, -0.05) is 23.7 Å². The van der Waals surface area contributed by atoms with Gasteiger partial charge in [0.25, 0.3) is 5.91 Å². The lowest BCUT2D eigenvalue weighted by Gasteiger charge is -2.04. The Morgan fingerprint density at radius 2 is 2.04 bits per heavy atom. The van der Waals surface area contributed by atoms with Crippen LogP contribution < -0.4 is 10.6 Å². The molecule has 0 saturated heterocycles. The summed E-state index contributed by atoms with van der Waals surface area (Å²) in [5, 5.41) is 9.09. The molecule has 5 nitrogen and oxygen atoms in total. The van der Waals surface area contributed by atoms with Crippen molar-refractivity contribution in [1.82, 2.24) is 15.3 Å². The first kappa shape index (κ1) is 16.4. The van der Waals surface area contributed by atoms with Gasteiger partial charge in [-0.25, -0.2) is 4.98 Å². The van der Waals surface area contributed by atoms with Crippen molar-refractivity contribution in [2.45, 2.75) is 6.42 Å². The fourth-order valence-corrected chi connectivity index (χ4v) is 2.89. The summed E-state index contributed by atoms with van der Waals surface area (Å²) in [4.78, 5) is 20.4. The van der Waals surface area contributed by atoms with Crippen LogP contribution in [0.15, 0.2) is 54.2 Å². The quantitative estimate of drug-likeness (QED) is 0.701. The third kappa shape index (κ3) is 4.53. The van der Waals surface area contributed by atoms with E-state index in [0.29, 0.717) is 22.4 Å². The Kier molecular flexibility index (Phi) is 5.40. The monoisotopic (exact) mass is 358 g/mol. The number of carbonyl (C=O) groups is 1. The number of nitrogens with zero attached hydrogens (tertiary/aromatic N) is 2. The molecular formula is C17H15ClN4OS. The van der Waals surface area contributed by atoms with E-state index in [1.165, 1.54) is 11.3 Å². The second kappa shape index (κ2) is 7.90. The van der Waals surface area contributed by atoms with E-state index in [2.05, 4.69) is 20.6 Å². The predicted octanol–water partition coefficient (Wildman–Crippen LogP) is 3.91. The van der Waals surface area contributed by atoms with Crippen LogP contribution in [-0.4, -0.2) is 22.4 Å². The number of amides is 1. The Bertz CT molecular complexity index is 805. The van der Waals surface area contributed by atoms with Crippen LogP contribution in [0.5, 0.6) is 0 Å². The van der Waals surface area contributed by atoms with Crippen molar-refractivity contribution in [3.8, 4) is 0 Å². The van der Waals surface area contributed by atoms with E-state index in [4.69, 9.17) is 11.6 Å². The van der Waals surface area contributed by atoms with Gasteiger partial charge in [0.2, 0.25) is 0 Å². The molecule has 0 aliphatic heterocycles. The van der Waals surface area contributed by atoms with E-state index >= 15 is 0 Å². The zero-order valence-electron chi connectivity index (χ0n) is 12.7. The molecule has 0 fully saturated rings. The van der Waals surface area contributed by atoms with Gasteiger partial charge in [0.05, 0.1) is 11.9 Å². The Labute approximate surface area is 148 Å². The molecule has 0 atom stereocenters. The van der Waals surface area contributed by atoms with Crippen LogP contribution in [0, 0.1) is 0 Å². The normalized spacial score (nSPS) is 10.4. The third-order valence-electron chi connectivity index (χ3n) is 3.26. The number of benzene rings is 1. The molecule has 1 amide bonds. The van der Waals surface area contributed by atoms with Crippen LogP contribution in [-0.2, 0) is 6.42 Å². The molecule has 0 saturated carbocycles. The Morgan fingerprint density at radius 1 is 1.21 bits per heavy atom. The zero-order chi connectivity index (χ0) is 16.8. The summed E-state index contributed by atoms with van der Waals surface area (Å²) >= 11 is 7.23. The lowest BCUT2D eigenvalue weighted by molar-refractivity contribution is 0.0950. The van der Waals surface area contributed by atoms with Crippen LogP contribution in [0.3, 0.4) is 0 Å². The summed E-state index contributed by atoms with van der Waals surface area (Å²) in [7, 11) is 0. The second-order valence-corrected chi connectivity index (χ2v) is 6.33. The molecule has 1 aromatic carbocycles. The lowest BCUT2D eigenvalue weighted by Crippen LogP contribution is -2.25. The van der Waals surface area contributed by atoms with Crippen LogP contribution in [0.25, 0.3) is 0 Å². The summed E-state index contributed by atoms with van der Waals surface area (Å²) in [6, 6.07) is 11.3. The number of hydrogen-bond acceptors (Lipinski definition) is 5. The largest absolute Gasteiger partial charge is 0.350 e. The number of carbonyl (C=O) groups excluding carboxylic acids is 1. The molecule has 0 aliphatic rings. The topological polar surface area (TPSA) is 66.9 Å². The standard InChI is InChI=1S/C17H15ClN4OS/c18-13-5-3-12(4-6-13)7-9-20-16(23)15-11-24-17(22-15)21-14-2-1-8-19-10-14/h1-6,8,10-11H,7,9H2,(H,20,23)(H,21,22). The second-order valence-electron chi connectivity index (χ2n) is 5.04. The van der Waals surface area contributed by atoms with E-state index in [0.717, 1.165) is 17.7 Å². The Balaban J connectivity index is 1.51. The van der Waals surface area contributed by atoms with Crippen LogP contribution >= 0.6 is 22.9 Å². The molecule has 0 radical (unpaired) electrons. The number of pyridine rings is 1. The highest BCUT2D eigenvalue weighted by atomic mass is 35.5. The molecule has 0 aliphatic carbocycles. The molecule has 7 heteroatoms. The summed E-state index contributed by atoms with van der Waals surface area (Å²) in [5.74, 6) is -0.181. The number of thiazole rings is 1. The molecule has 2 aromatic heterocycles. The minimum absolute atomic E-state index is 0.181. The Morgan fingerprint density at radius 3 is 2.79 bits per heavy atom. The van der Waals surface area contributed by atoms with E-state index in [9.17, 15) is 4.79 Å². The minimum atomic E-state index is -0.181. The van der Waals surface area contributed by atoms with Gasteiger partial charge in [-0.05, 0) is 36.2 Å². The maximum atomic E-state index is 12.1. The van der Waals surface area contributed by atoms with Gasteiger partial charge in [0.15, 0.2) is 5.13 Å². The van der Waals surface area contributed by atoms with Gasteiger partial charge >= 0.3 is 0 Å². The van der Waals surface area contributed by atoms with Crippen molar-refractivity contribution < 1.29 is 4.79 Å². The van der Waals surface area contributed by atoms with Gasteiger partial charge in [-0.2, -0.15) is 0 Å². The molecule has 24 heavy (non-hydrogen) atoms. The van der Waals surface area contributed by atoms with Crippen molar-refractivity contribution >= 4 is 39.7 Å². The lowest BCUT2D eigenvalue weighted by atomic mass is 10.1. The highest BCUT2D eigenvalue weighted by Gasteiger charge is 2.10. The van der Waals surface area contributed by atoms with Crippen LogP contribution in [0.4, 0.5) is 10.8 Å². The van der Waals surface area contributed by atoms with Crippen molar-refractivity contribution in [2.75, 3.05) is 11.9 Å². The first-order valence-electron chi connectivity index (χ1n) is 7.36. The first-order chi connectivity index (χ1) is 11.7. The fraction of sp³-hybridized carbons (Fsp3) is 0.118. The van der Waals surface area contributed by atoms with E-state index in [-0.39, 0.29) is 5.91 Å². The number of hydrogen-bond donors (Lipinski definition) is 2. The molecule has 3 aromatic rings. The first-order valence-corrected chi connectivity index (χ1v) is 8.62. The fourth-order valence-electron chi connectivity index (χ4n) is 2.06. The predicted molar refractivity (Wildman–Crippen MR) is 97.1 cm³/mol. The summed E-state index contributed by atoms with van der Waals surface area (Å²) in [5.41, 5.74) is 2.36. The molecular weight excluding hydrogens is 344 g/mol. The highest BCUT2D eigenvalue weighted by Crippen LogP contribution is 2.20. The van der Waals surface area contributed by atoms with E-state index < -0.39 is 0 Å². The minimum Gasteiger partial charge on any atom is -0.350 e. The molecule has 0 bridgehead atoms. The van der Waals surface area contributed by atoms with E-state index in [1.807, 2.05) is 36.4 Å². The highest BCUT2D eigenvalue weighted by molar-refractivity contribution is 7.14. The van der Waals surface area contributed by atoms with Gasteiger partial charge < -0.3 is 10.6 Å². The van der Waals surface area contributed by atoms with Gasteiger partial charge in [-0.15, -0.1) is 11.3 Å². The number of aromatic nitrogens is 2. The van der Waals surface area contributed by atoms with Crippen LogP contribution in [0.2, 0.25) is 5.02 Å². The van der Waals surface area contributed by atoms with Crippen molar-refractivity contribution in [3.05, 3.63) is 70.5 Å². The SMILES string of the molecule is O=C(NCCc1ccc(Cl)cc1)c1csc(Nc2cccnc2)n1. The zero-order valence-corrected chi connectivity index (χ0v) is 14.3. The van der Waals surface area contributed by atoms with Crippen molar-refractivity contribution in [3.63, 3.8) is 0 Å². The van der Waals surface area contributed by atoms with Gasteiger partial charge in [0.1, 0.15) is 5.69 Å². The maximum Gasteiger partial charge on any atom is 0.270 e. The molecule has 2 N–H and O–H groups in total. The third-order valence-corrected chi connectivity index (χ3v) is 4.27. The number of halogens is 1. The van der Waals surface area contributed by atoms with Crippen molar-refractivity contribution in [1.29, 1.82) is 0 Å². The summed E-state index contributed by atoms with van der Waals surface area (Å²) < 4.78 is 0. The summed E-state index contributed by atoms with van der Waals surface area (Å²) in [6.45, 7) is 0.545. The Hall–Kier alpha value is -2.44. The average molecular weight is 359 g/mol. The molecule has 122 valence electrons. The average Bonchev–Trinajstić information content (AvgIpc) is 3.06.